The average Bonchev–Trinajstić information content (AvgIpc) is 3.21. The Labute approximate surface area is 188 Å². The molecule has 0 saturated carbocycles. The maximum Gasteiger partial charge on any atom is 0.416 e. The van der Waals surface area contributed by atoms with Gasteiger partial charge in [0.25, 0.3) is 0 Å². The molecule has 0 radical (unpaired) electrons. The highest BCUT2D eigenvalue weighted by Crippen LogP contribution is 2.33. The van der Waals surface area contributed by atoms with E-state index >= 15 is 0 Å². The number of halogens is 3. The van der Waals surface area contributed by atoms with Crippen LogP contribution in [0.3, 0.4) is 0 Å². The first-order valence-electron chi connectivity index (χ1n) is 9.81. The number of para-hydroxylation sites is 1. The summed E-state index contributed by atoms with van der Waals surface area (Å²) in [4.78, 5) is 0. The lowest BCUT2D eigenvalue weighted by Crippen LogP contribution is -2.04. The molecule has 164 valence electrons. The molecule has 0 fully saturated rings. The molecule has 4 rings (SSSR count). The van der Waals surface area contributed by atoms with Crippen molar-refractivity contribution in [3.05, 3.63) is 89.5 Å². The highest BCUT2D eigenvalue weighted by atomic mass is 32.2. The van der Waals surface area contributed by atoms with E-state index in [1.165, 1.54) is 23.9 Å². The summed E-state index contributed by atoms with van der Waals surface area (Å²) in [7, 11) is 1.61. The van der Waals surface area contributed by atoms with Gasteiger partial charge in [0, 0.05) is 11.3 Å². The normalized spacial score (nSPS) is 11.5. The lowest BCUT2D eigenvalue weighted by Gasteiger charge is -2.13. The maximum absolute atomic E-state index is 12.8. The summed E-state index contributed by atoms with van der Waals surface area (Å²) in [5.41, 5.74) is 2.99. The van der Waals surface area contributed by atoms with Crippen LogP contribution in [-0.4, -0.2) is 21.9 Å². The van der Waals surface area contributed by atoms with E-state index in [0.717, 1.165) is 40.3 Å². The van der Waals surface area contributed by atoms with Gasteiger partial charge >= 0.3 is 6.18 Å². The number of rotatable bonds is 6. The standard InChI is InChI=1S/C24H20F3N3OS/c1-16-5-3-4-6-21(16)30-22(18-9-13-20(31-2)14-10-18)28-29-23(30)32-15-17-7-11-19(12-8-17)24(25,26)27/h3-14H,15H2,1-2H3. The van der Waals surface area contributed by atoms with Gasteiger partial charge in [0.1, 0.15) is 5.75 Å². The van der Waals surface area contributed by atoms with Crippen LogP contribution in [0.2, 0.25) is 0 Å². The van der Waals surface area contributed by atoms with Crippen molar-refractivity contribution < 1.29 is 17.9 Å². The van der Waals surface area contributed by atoms with Gasteiger partial charge < -0.3 is 4.74 Å². The minimum absolute atomic E-state index is 0.463. The molecule has 0 unspecified atom stereocenters. The Morgan fingerprint density at radius 2 is 1.59 bits per heavy atom. The predicted octanol–water partition coefficient (Wildman–Crippen LogP) is 6.56. The molecule has 0 spiro atoms. The molecular formula is C24H20F3N3OS. The zero-order chi connectivity index (χ0) is 22.7. The average molecular weight is 456 g/mol. The Hall–Kier alpha value is -3.26. The Balaban J connectivity index is 1.67. The summed E-state index contributed by atoms with van der Waals surface area (Å²) in [5, 5.41) is 9.47. The van der Waals surface area contributed by atoms with Crippen LogP contribution in [0.15, 0.2) is 78.0 Å². The summed E-state index contributed by atoms with van der Waals surface area (Å²) in [5.74, 6) is 1.88. The Bertz CT molecular complexity index is 1200. The van der Waals surface area contributed by atoms with E-state index in [2.05, 4.69) is 10.2 Å². The van der Waals surface area contributed by atoms with Crippen LogP contribution in [0.4, 0.5) is 13.2 Å². The maximum atomic E-state index is 12.8. The number of benzene rings is 3. The molecule has 32 heavy (non-hydrogen) atoms. The molecule has 0 aliphatic heterocycles. The Kier molecular flexibility index (Phi) is 6.23. The largest absolute Gasteiger partial charge is 0.497 e. The van der Waals surface area contributed by atoms with Crippen molar-refractivity contribution in [1.82, 2.24) is 14.8 Å². The molecule has 0 amide bonds. The van der Waals surface area contributed by atoms with Gasteiger partial charge in [-0.05, 0) is 60.5 Å². The topological polar surface area (TPSA) is 39.9 Å². The fraction of sp³-hybridized carbons (Fsp3) is 0.167. The number of ether oxygens (including phenoxy) is 1. The number of aryl methyl sites for hydroxylation is 1. The third-order valence-electron chi connectivity index (χ3n) is 4.99. The van der Waals surface area contributed by atoms with Gasteiger partial charge in [-0.15, -0.1) is 10.2 Å². The predicted molar refractivity (Wildman–Crippen MR) is 119 cm³/mol. The molecule has 0 bridgehead atoms. The lowest BCUT2D eigenvalue weighted by atomic mass is 10.1. The zero-order valence-electron chi connectivity index (χ0n) is 17.4. The number of aromatic nitrogens is 3. The van der Waals surface area contributed by atoms with Gasteiger partial charge in [-0.2, -0.15) is 13.2 Å². The number of nitrogens with zero attached hydrogens (tertiary/aromatic N) is 3. The SMILES string of the molecule is COc1ccc(-c2nnc(SCc3ccc(C(F)(F)F)cc3)n2-c2ccccc2C)cc1. The summed E-state index contributed by atoms with van der Waals surface area (Å²) < 4.78 is 45.7. The van der Waals surface area contributed by atoms with Crippen molar-refractivity contribution in [3.8, 4) is 22.8 Å². The van der Waals surface area contributed by atoms with Crippen LogP contribution in [0, 0.1) is 6.92 Å². The van der Waals surface area contributed by atoms with Crippen LogP contribution >= 0.6 is 11.8 Å². The van der Waals surface area contributed by atoms with E-state index in [1.54, 1.807) is 7.11 Å². The molecule has 8 heteroatoms. The molecule has 0 saturated heterocycles. The summed E-state index contributed by atoms with van der Waals surface area (Å²) >= 11 is 1.42. The molecule has 3 aromatic carbocycles. The van der Waals surface area contributed by atoms with Gasteiger partial charge in [0.15, 0.2) is 11.0 Å². The van der Waals surface area contributed by atoms with E-state index in [4.69, 9.17) is 4.74 Å². The van der Waals surface area contributed by atoms with Crippen LogP contribution in [0.1, 0.15) is 16.7 Å². The van der Waals surface area contributed by atoms with Crippen molar-refractivity contribution in [2.75, 3.05) is 7.11 Å². The number of methoxy groups -OCH3 is 1. The van der Waals surface area contributed by atoms with Gasteiger partial charge in [-0.1, -0.05) is 42.1 Å². The fourth-order valence-corrected chi connectivity index (χ4v) is 4.16. The van der Waals surface area contributed by atoms with E-state index in [9.17, 15) is 13.2 Å². The van der Waals surface area contributed by atoms with Crippen molar-refractivity contribution in [3.63, 3.8) is 0 Å². The molecule has 1 heterocycles. The minimum Gasteiger partial charge on any atom is -0.497 e. The molecule has 0 aliphatic carbocycles. The molecular weight excluding hydrogens is 435 g/mol. The van der Waals surface area contributed by atoms with E-state index in [-0.39, 0.29) is 0 Å². The van der Waals surface area contributed by atoms with Crippen molar-refractivity contribution in [2.24, 2.45) is 0 Å². The van der Waals surface area contributed by atoms with Gasteiger partial charge in [0.05, 0.1) is 18.4 Å². The summed E-state index contributed by atoms with van der Waals surface area (Å²) in [6.07, 6.45) is -4.34. The van der Waals surface area contributed by atoms with E-state index < -0.39 is 11.7 Å². The van der Waals surface area contributed by atoms with Crippen molar-refractivity contribution >= 4 is 11.8 Å². The lowest BCUT2D eigenvalue weighted by molar-refractivity contribution is -0.137. The quantitative estimate of drug-likeness (QED) is 0.309. The molecule has 0 atom stereocenters. The third-order valence-corrected chi connectivity index (χ3v) is 5.99. The van der Waals surface area contributed by atoms with Gasteiger partial charge in [-0.25, -0.2) is 0 Å². The number of thioether (sulfide) groups is 1. The van der Waals surface area contributed by atoms with E-state index in [0.29, 0.717) is 16.7 Å². The first kappa shape index (κ1) is 22.0. The van der Waals surface area contributed by atoms with Crippen molar-refractivity contribution in [1.29, 1.82) is 0 Å². The molecule has 0 N–H and O–H groups in total. The monoisotopic (exact) mass is 455 g/mol. The number of hydrogen-bond donors (Lipinski definition) is 0. The minimum atomic E-state index is -4.34. The molecule has 4 aromatic rings. The van der Waals surface area contributed by atoms with Crippen LogP contribution in [0.5, 0.6) is 5.75 Å². The molecule has 0 aliphatic rings. The Morgan fingerprint density at radius 3 is 2.22 bits per heavy atom. The second kappa shape index (κ2) is 9.08. The van der Waals surface area contributed by atoms with Gasteiger partial charge in [0.2, 0.25) is 0 Å². The van der Waals surface area contributed by atoms with Crippen LogP contribution in [0.25, 0.3) is 17.1 Å². The number of hydrogen-bond acceptors (Lipinski definition) is 4. The smallest absolute Gasteiger partial charge is 0.416 e. The van der Waals surface area contributed by atoms with Crippen LogP contribution in [-0.2, 0) is 11.9 Å². The first-order valence-corrected chi connectivity index (χ1v) is 10.8. The second-order valence-electron chi connectivity index (χ2n) is 7.14. The summed E-state index contributed by atoms with van der Waals surface area (Å²) in [6, 6.07) is 20.7. The zero-order valence-corrected chi connectivity index (χ0v) is 18.2. The first-order chi connectivity index (χ1) is 15.4. The Morgan fingerprint density at radius 1 is 0.906 bits per heavy atom. The molecule has 4 nitrogen and oxygen atoms in total. The van der Waals surface area contributed by atoms with Gasteiger partial charge in [-0.3, -0.25) is 4.57 Å². The third kappa shape index (κ3) is 4.65. The summed E-state index contributed by atoms with van der Waals surface area (Å²) in [6.45, 7) is 2.01. The second-order valence-corrected chi connectivity index (χ2v) is 8.08. The molecule has 1 aromatic heterocycles. The fourth-order valence-electron chi connectivity index (χ4n) is 3.26. The number of alkyl halides is 3. The van der Waals surface area contributed by atoms with Crippen LogP contribution < -0.4 is 4.74 Å². The van der Waals surface area contributed by atoms with E-state index in [1.807, 2.05) is 60.0 Å². The van der Waals surface area contributed by atoms with Crippen molar-refractivity contribution in [2.45, 2.75) is 24.0 Å². The highest BCUT2D eigenvalue weighted by molar-refractivity contribution is 7.98. The highest BCUT2D eigenvalue weighted by Gasteiger charge is 2.30.